The number of rotatable bonds is 4. The van der Waals surface area contributed by atoms with Gasteiger partial charge in [0.05, 0.1) is 19.1 Å². The third-order valence-electron chi connectivity index (χ3n) is 4.20. The Morgan fingerprint density at radius 2 is 2.14 bits per heavy atom. The van der Waals surface area contributed by atoms with Gasteiger partial charge in [0, 0.05) is 32.1 Å². The van der Waals surface area contributed by atoms with Crippen molar-refractivity contribution >= 4 is 17.6 Å². The lowest BCUT2D eigenvalue weighted by Crippen LogP contribution is -2.58. The molecule has 3 rings (SSSR count). The second-order valence-corrected chi connectivity index (χ2v) is 5.88. The molecule has 1 unspecified atom stereocenters. The first-order valence-electron chi connectivity index (χ1n) is 7.36. The normalized spacial score (nSPS) is 22.5. The molecule has 0 radical (unpaired) electrons. The molecule has 118 valence electrons. The van der Waals surface area contributed by atoms with E-state index in [1.54, 1.807) is 18.2 Å². The van der Waals surface area contributed by atoms with E-state index in [0.29, 0.717) is 18.2 Å². The summed E-state index contributed by atoms with van der Waals surface area (Å²) >= 11 is 0. The first kappa shape index (κ1) is 14.8. The number of carbonyl (C=O) groups is 2. The second-order valence-electron chi connectivity index (χ2n) is 5.88. The zero-order chi connectivity index (χ0) is 15.7. The van der Waals surface area contributed by atoms with Crippen molar-refractivity contribution < 1.29 is 14.3 Å². The number of hydrogen-bond donors (Lipinski definition) is 1. The maximum Gasteiger partial charge on any atom is 0.230 e. The molecule has 2 amide bonds. The van der Waals surface area contributed by atoms with Gasteiger partial charge in [0.2, 0.25) is 17.7 Å². The van der Waals surface area contributed by atoms with E-state index in [0.717, 1.165) is 13.1 Å². The molecule has 0 spiro atoms. The molecule has 7 nitrogen and oxygen atoms in total. The summed E-state index contributed by atoms with van der Waals surface area (Å²) in [6.07, 6.45) is 0.274. The zero-order valence-electron chi connectivity index (χ0n) is 12.8. The van der Waals surface area contributed by atoms with Crippen molar-refractivity contribution in [3.8, 4) is 5.88 Å². The maximum atomic E-state index is 12.3. The van der Waals surface area contributed by atoms with Crippen molar-refractivity contribution in [1.29, 1.82) is 0 Å². The fraction of sp³-hybridized carbons (Fsp3) is 0.533. The minimum Gasteiger partial charge on any atom is -0.481 e. The van der Waals surface area contributed by atoms with Crippen LogP contribution >= 0.6 is 0 Å². The van der Waals surface area contributed by atoms with Gasteiger partial charge >= 0.3 is 0 Å². The lowest BCUT2D eigenvalue weighted by molar-refractivity contribution is -0.132. The van der Waals surface area contributed by atoms with Crippen LogP contribution < -0.4 is 10.1 Å². The molecule has 0 aliphatic carbocycles. The summed E-state index contributed by atoms with van der Waals surface area (Å²) in [6.45, 7) is 2.27. The Hall–Kier alpha value is -2.15. The molecule has 0 aromatic carbocycles. The average Bonchev–Trinajstić information content (AvgIpc) is 2.86. The van der Waals surface area contributed by atoms with Crippen LogP contribution in [0.15, 0.2) is 18.2 Å². The lowest BCUT2D eigenvalue weighted by Gasteiger charge is -2.42. The predicted octanol–water partition coefficient (Wildman–Crippen LogP) is 0.191. The predicted molar refractivity (Wildman–Crippen MR) is 80.5 cm³/mol. The number of methoxy groups -OCH3 is 1. The monoisotopic (exact) mass is 304 g/mol. The Labute approximate surface area is 129 Å². The summed E-state index contributed by atoms with van der Waals surface area (Å²) < 4.78 is 5.03. The Kier molecular flexibility index (Phi) is 3.98. The van der Waals surface area contributed by atoms with Crippen LogP contribution in [0.1, 0.15) is 6.42 Å². The molecule has 1 aromatic heterocycles. The van der Waals surface area contributed by atoms with E-state index >= 15 is 0 Å². The molecular formula is C15H20N4O3. The van der Waals surface area contributed by atoms with E-state index in [1.807, 2.05) is 11.9 Å². The molecule has 1 atom stereocenters. The molecule has 2 aliphatic heterocycles. The van der Waals surface area contributed by atoms with Gasteiger partial charge in [0.1, 0.15) is 5.82 Å². The Bertz CT molecular complexity index is 586. The Morgan fingerprint density at radius 3 is 2.82 bits per heavy atom. The van der Waals surface area contributed by atoms with Crippen LogP contribution in [0.2, 0.25) is 0 Å². The number of amides is 2. The van der Waals surface area contributed by atoms with Gasteiger partial charge in [-0.3, -0.25) is 9.59 Å². The SMILES string of the molecule is COc1cccc(NC(=O)C2CC(=O)N(C3CN(C)C3)C2)n1. The van der Waals surface area contributed by atoms with Gasteiger partial charge in [-0.15, -0.1) is 0 Å². The van der Waals surface area contributed by atoms with E-state index in [-0.39, 0.29) is 30.2 Å². The third-order valence-corrected chi connectivity index (χ3v) is 4.20. The van der Waals surface area contributed by atoms with E-state index in [4.69, 9.17) is 4.74 Å². The number of nitrogens with one attached hydrogen (secondary N) is 1. The molecule has 22 heavy (non-hydrogen) atoms. The smallest absolute Gasteiger partial charge is 0.230 e. The maximum absolute atomic E-state index is 12.3. The lowest BCUT2D eigenvalue weighted by atomic mass is 10.1. The fourth-order valence-corrected chi connectivity index (χ4v) is 2.95. The first-order valence-corrected chi connectivity index (χ1v) is 7.36. The zero-order valence-corrected chi connectivity index (χ0v) is 12.8. The molecule has 0 bridgehead atoms. The van der Waals surface area contributed by atoms with E-state index in [1.165, 1.54) is 7.11 Å². The van der Waals surface area contributed by atoms with Crippen molar-refractivity contribution in [2.24, 2.45) is 5.92 Å². The standard InChI is InChI=1S/C15H20N4O3/c1-18-8-11(9-18)19-7-10(6-14(19)20)15(21)17-12-4-3-5-13(16-12)22-2/h3-5,10-11H,6-9H2,1-2H3,(H,16,17,21). The van der Waals surface area contributed by atoms with Gasteiger partial charge in [-0.2, -0.15) is 4.98 Å². The molecule has 3 heterocycles. The van der Waals surface area contributed by atoms with Crippen LogP contribution in [0.25, 0.3) is 0 Å². The van der Waals surface area contributed by atoms with Crippen molar-refractivity contribution in [3.63, 3.8) is 0 Å². The molecule has 7 heteroatoms. The van der Waals surface area contributed by atoms with Crippen molar-refractivity contribution in [1.82, 2.24) is 14.8 Å². The summed E-state index contributed by atoms with van der Waals surface area (Å²) in [5.41, 5.74) is 0. The number of pyridine rings is 1. The van der Waals surface area contributed by atoms with Crippen molar-refractivity contribution in [2.75, 3.05) is 39.1 Å². The second kappa shape index (κ2) is 5.92. The van der Waals surface area contributed by atoms with Gasteiger partial charge in [0.15, 0.2) is 0 Å². The van der Waals surface area contributed by atoms with E-state index in [9.17, 15) is 9.59 Å². The number of ether oxygens (including phenoxy) is 1. The Balaban J connectivity index is 1.60. The minimum atomic E-state index is -0.314. The average molecular weight is 304 g/mol. The third kappa shape index (κ3) is 2.89. The van der Waals surface area contributed by atoms with Crippen molar-refractivity contribution in [3.05, 3.63) is 18.2 Å². The summed E-state index contributed by atoms with van der Waals surface area (Å²) in [7, 11) is 3.55. The molecule has 0 saturated carbocycles. The highest BCUT2D eigenvalue weighted by Gasteiger charge is 2.41. The highest BCUT2D eigenvalue weighted by Crippen LogP contribution is 2.25. The van der Waals surface area contributed by atoms with Crippen LogP contribution in [-0.4, -0.2) is 66.4 Å². The minimum absolute atomic E-state index is 0.0665. The van der Waals surface area contributed by atoms with Crippen LogP contribution in [0.4, 0.5) is 5.82 Å². The van der Waals surface area contributed by atoms with E-state index < -0.39 is 0 Å². The number of hydrogen-bond acceptors (Lipinski definition) is 5. The summed E-state index contributed by atoms with van der Waals surface area (Å²) in [5.74, 6) is 0.477. The summed E-state index contributed by atoms with van der Waals surface area (Å²) in [5, 5.41) is 2.76. The summed E-state index contributed by atoms with van der Waals surface area (Å²) in [6, 6.07) is 5.43. The number of likely N-dealkylation sites (N-methyl/N-ethyl adjacent to an activating group) is 1. The highest BCUT2D eigenvalue weighted by molar-refractivity contribution is 5.96. The summed E-state index contributed by atoms with van der Waals surface area (Å²) in [4.78, 5) is 32.5. The van der Waals surface area contributed by atoms with Crippen LogP contribution in [0.5, 0.6) is 5.88 Å². The Morgan fingerprint density at radius 1 is 1.36 bits per heavy atom. The van der Waals surface area contributed by atoms with Crippen LogP contribution in [0, 0.1) is 5.92 Å². The number of anilines is 1. The first-order chi connectivity index (χ1) is 10.6. The molecule has 1 N–H and O–H groups in total. The molecule has 1 aromatic rings. The molecule has 2 aliphatic rings. The molecular weight excluding hydrogens is 284 g/mol. The largest absolute Gasteiger partial charge is 0.481 e. The molecule has 2 fully saturated rings. The molecule has 2 saturated heterocycles. The topological polar surface area (TPSA) is 74.8 Å². The van der Waals surface area contributed by atoms with Gasteiger partial charge in [-0.25, -0.2) is 0 Å². The van der Waals surface area contributed by atoms with Crippen LogP contribution in [0.3, 0.4) is 0 Å². The number of nitrogens with zero attached hydrogens (tertiary/aromatic N) is 3. The quantitative estimate of drug-likeness (QED) is 0.859. The van der Waals surface area contributed by atoms with Gasteiger partial charge in [0.25, 0.3) is 0 Å². The van der Waals surface area contributed by atoms with Gasteiger partial charge < -0.3 is 19.9 Å². The highest BCUT2D eigenvalue weighted by atomic mass is 16.5. The number of carbonyl (C=O) groups excluding carboxylic acids is 2. The fourth-order valence-electron chi connectivity index (χ4n) is 2.95. The van der Waals surface area contributed by atoms with Crippen LogP contribution in [-0.2, 0) is 9.59 Å². The van der Waals surface area contributed by atoms with E-state index in [2.05, 4.69) is 15.2 Å². The van der Waals surface area contributed by atoms with Crippen molar-refractivity contribution in [2.45, 2.75) is 12.5 Å². The van der Waals surface area contributed by atoms with Gasteiger partial charge in [-0.05, 0) is 13.1 Å². The number of aromatic nitrogens is 1. The number of likely N-dealkylation sites (tertiary alicyclic amines) is 2. The van der Waals surface area contributed by atoms with Gasteiger partial charge in [-0.1, -0.05) is 6.07 Å².